The smallest absolute Gasteiger partial charge is 0.203 e. The van der Waals surface area contributed by atoms with Crippen molar-refractivity contribution in [3.8, 4) is 17.2 Å². The summed E-state index contributed by atoms with van der Waals surface area (Å²) in [5.74, 6) is 2.43. The number of halogens is 2. The number of nitrogens with one attached hydrogen (secondary N) is 2. The molecule has 0 aliphatic heterocycles. The summed E-state index contributed by atoms with van der Waals surface area (Å²) in [7, 11) is 6.54. The van der Waals surface area contributed by atoms with E-state index in [1.54, 1.807) is 34.4 Å². The predicted molar refractivity (Wildman–Crippen MR) is 132 cm³/mol. The van der Waals surface area contributed by atoms with E-state index >= 15 is 0 Å². The van der Waals surface area contributed by atoms with E-state index < -0.39 is 0 Å². The highest BCUT2D eigenvalue weighted by atomic mass is 127. The maximum atomic E-state index is 14.2. The monoisotopic (exact) mass is 543 g/mol. The van der Waals surface area contributed by atoms with Gasteiger partial charge in [0.15, 0.2) is 17.5 Å². The number of guanidine groups is 1. The van der Waals surface area contributed by atoms with Crippen molar-refractivity contribution in [3.63, 3.8) is 0 Å². The van der Waals surface area contributed by atoms with Crippen LogP contribution in [0.4, 0.5) is 4.39 Å². The second-order valence-electron chi connectivity index (χ2n) is 7.36. The van der Waals surface area contributed by atoms with Crippen LogP contribution >= 0.6 is 24.0 Å². The Morgan fingerprint density at radius 1 is 1.00 bits per heavy atom. The third-order valence-corrected chi connectivity index (χ3v) is 5.59. The number of benzene rings is 2. The quantitative estimate of drug-likeness (QED) is 0.286. The average Bonchev–Trinajstić information content (AvgIpc) is 3.56. The molecular weight excluding hydrogens is 512 g/mol. The second kappa shape index (κ2) is 11.4. The molecule has 0 bridgehead atoms. The Hall–Kier alpha value is -2.23. The van der Waals surface area contributed by atoms with Gasteiger partial charge in [0, 0.05) is 31.1 Å². The molecule has 0 aromatic heterocycles. The van der Waals surface area contributed by atoms with Gasteiger partial charge in [0.1, 0.15) is 5.82 Å². The molecule has 170 valence electrons. The van der Waals surface area contributed by atoms with Crippen molar-refractivity contribution in [1.82, 2.24) is 10.6 Å². The number of rotatable bonds is 9. The van der Waals surface area contributed by atoms with Crippen molar-refractivity contribution in [2.75, 3.05) is 41.5 Å². The summed E-state index contributed by atoms with van der Waals surface area (Å²) in [6, 6.07) is 10.9. The molecule has 1 saturated carbocycles. The van der Waals surface area contributed by atoms with Gasteiger partial charge in [0.25, 0.3) is 0 Å². The van der Waals surface area contributed by atoms with Crippen LogP contribution in [-0.2, 0) is 11.8 Å². The highest BCUT2D eigenvalue weighted by molar-refractivity contribution is 14.0. The van der Waals surface area contributed by atoms with Crippen molar-refractivity contribution in [3.05, 3.63) is 53.3 Å². The van der Waals surface area contributed by atoms with Crippen LogP contribution in [0.25, 0.3) is 0 Å². The topological polar surface area (TPSA) is 64.1 Å². The Morgan fingerprint density at radius 3 is 2.29 bits per heavy atom. The van der Waals surface area contributed by atoms with Crippen LogP contribution in [0.2, 0.25) is 0 Å². The minimum Gasteiger partial charge on any atom is -0.493 e. The van der Waals surface area contributed by atoms with E-state index in [4.69, 9.17) is 14.2 Å². The van der Waals surface area contributed by atoms with E-state index in [2.05, 4.69) is 15.6 Å². The summed E-state index contributed by atoms with van der Waals surface area (Å²) in [6.45, 7) is 1.30. The van der Waals surface area contributed by atoms with Crippen LogP contribution in [0.5, 0.6) is 17.2 Å². The minimum absolute atomic E-state index is 0. The van der Waals surface area contributed by atoms with E-state index in [1.165, 1.54) is 6.07 Å². The van der Waals surface area contributed by atoms with Crippen molar-refractivity contribution in [2.45, 2.75) is 24.7 Å². The van der Waals surface area contributed by atoms with Gasteiger partial charge in [-0.05, 0) is 37.0 Å². The maximum Gasteiger partial charge on any atom is 0.203 e. The van der Waals surface area contributed by atoms with Crippen LogP contribution in [0.1, 0.15) is 24.0 Å². The van der Waals surface area contributed by atoms with Crippen LogP contribution in [-0.4, -0.2) is 47.4 Å². The van der Waals surface area contributed by atoms with Crippen molar-refractivity contribution >= 4 is 29.9 Å². The Morgan fingerprint density at radius 2 is 1.71 bits per heavy atom. The highest BCUT2D eigenvalue weighted by Gasteiger charge is 2.45. The molecule has 3 rings (SSSR count). The zero-order valence-electron chi connectivity index (χ0n) is 18.5. The van der Waals surface area contributed by atoms with Crippen molar-refractivity contribution in [2.24, 2.45) is 4.99 Å². The molecule has 1 aliphatic carbocycles. The lowest BCUT2D eigenvalue weighted by atomic mass is 9.95. The molecule has 0 radical (unpaired) electrons. The van der Waals surface area contributed by atoms with Crippen molar-refractivity contribution < 1.29 is 18.6 Å². The zero-order valence-corrected chi connectivity index (χ0v) is 20.8. The summed E-state index contributed by atoms with van der Waals surface area (Å²) in [6.07, 6.45) is 2.66. The van der Waals surface area contributed by atoms with Gasteiger partial charge in [0.2, 0.25) is 5.75 Å². The zero-order chi connectivity index (χ0) is 21.6. The van der Waals surface area contributed by atoms with Crippen LogP contribution in [0.3, 0.4) is 0 Å². The third kappa shape index (κ3) is 5.72. The second-order valence-corrected chi connectivity index (χ2v) is 7.36. The van der Waals surface area contributed by atoms with E-state index in [9.17, 15) is 4.39 Å². The molecule has 31 heavy (non-hydrogen) atoms. The molecule has 1 fully saturated rings. The first kappa shape index (κ1) is 25.0. The van der Waals surface area contributed by atoms with Gasteiger partial charge >= 0.3 is 0 Å². The summed E-state index contributed by atoms with van der Waals surface area (Å²) in [4.78, 5) is 4.29. The van der Waals surface area contributed by atoms with Gasteiger partial charge in [-0.15, -0.1) is 24.0 Å². The Kier molecular flexibility index (Phi) is 9.21. The number of nitrogens with zero attached hydrogens (tertiary/aromatic N) is 1. The van der Waals surface area contributed by atoms with Crippen LogP contribution in [0.15, 0.2) is 41.4 Å². The number of ether oxygens (including phenoxy) is 3. The van der Waals surface area contributed by atoms with Crippen LogP contribution < -0.4 is 24.8 Å². The highest BCUT2D eigenvalue weighted by Crippen LogP contribution is 2.48. The number of aliphatic imine (C=N–C) groups is 1. The third-order valence-electron chi connectivity index (χ3n) is 5.59. The number of hydrogen-bond donors (Lipinski definition) is 2. The molecule has 0 spiro atoms. The van der Waals surface area contributed by atoms with Gasteiger partial charge in [-0.2, -0.15) is 0 Å². The molecule has 0 saturated heterocycles. The molecule has 2 aromatic rings. The first-order valence-corrected chi connectivity index (χ1v) is 10.1. The van der Waals surface area contributed by atoms with Crippen molar-refractivity contribution in [1.29, 1.82) is 0 Å². The number of hydrogen-bond acceptors (Lipinski definition) is 4. The Bertz CT molecular complexity index is 904. The molecule has 6 nitrogen and oxygen atoms in total. The standard InChI is InChI=1S/C23H30FN3O3.HI/c1-25-22(27-15-23(12-13-23)17-7-5-6-8-18(17)24)26-14-11-16-9-10-19(28-2)21(30-4)20(16)29-3;/h5-10H,11-15H2,1-4H3,(H2,25,26,27);1H. The predicted octanol–water partition coefficient (Wildman–Crippen LogP) is 3.91. The van der Waals surface area contributed by atoms with Gasteiger partial charge in [-0.25, -0.2) is 4.39 Å². The van der Waals surface area contributed by atoms with E-state index in [-0.39, 0.29) is 35.2 Å². The SMILES string of the molecule is CN=C(NCCc1ccc(OC)c(OC)c1OC)NCC1(c2ccccc2F)CC1.I. The molecule has 0 heterocycles. The normalized spacial score (nSPS) is 14.3. The van der Waals surface area contributed by atoms with Gasteiger partial charge in [-0.1, -0.05) is 24.3 Å². The summed E-state index contributed by atoms with van der Waals surface area (Å²) >= 11 is 0. The van der Waals surface area contributed by atoms with Gasteiger partial charge < -0.3 is 24.8 Å². The fraction of sp³-hybridized carbons (Fsp3) is 0.435. The van der Waals surface area contributed by atoms with Gasteiger partial charge in [-0.3, -0.25) is 4.99 Å². The molecule has 1 aliphatic rings. The first-order valence-electron chi connectivity index (χ1n) is 10.1. The maximum absolute atomic E-state index is 14.2. The lowest BCUT2D eigenvalue weighted by Gasteiger charge is -2.20. The average molecular weight is 543 g/mol. The van der Waals surface area contributed by atoms with Crippen LogP contribution in [0, 0.1) is 5.82 Å². The molecule has 0 atom stereocenters. The molecular formula is C23H31FIN3O3. The fourth-order valence-corrected chi connectivity index (χ4v) is 3.73. The Labute approximate surface area is 200 Å². The molecule has 2 aromatic carbocycles. The van der Waals surface area contributed by atoms with Gasteiger partial charge in [0.05, 0.1) is 21.3 Å². The molecule has 8 heteroatoms. The molecule has 0 amide bonds. The largest absolute Gasteiger partial charge is 0.493 e. The Balaban J connectivity index is 0.00000341. The minimum atomic E-state index is -0.143. The fourth-order valence-electron chi connectivity index (χ4n) is 3.73. The number of methoxy groups -OCH3 is 3. The van der Waals surface area contributed by atoms with E-state index in [1.807, 2.05) is 24.3 Å². The van der Waals surface area contributed by atoms with E-state index in [0.29, 0.717) is 42.7 Å². The summed E-state index contributed by atoms with van der Waals surface area (Å²) < 4.78 is 30.5. The summed E-state index contributed by atoms with van der Waals surface area (Å²) in [5.41, 5.74) is 1.64. The molecule has 0 unspecified atom stereocenters. The lowest BCUT2D eigenvalue weighted by Crippen LogP contribution is -2.42. The molecule has 2 N–H and O–H groups in total. The van der Waals surface area contributed by atoms with E-state index in [0.717, 1.165) is 24.0 Å². The summed E-state index contributed by atoms with van der Waals surface area (Å²) in [5, 5.41) is 6.67. The lowest BCUT2D eigenvalue weighted by molar-refractivity contribution is 0.322. The first-order chi connectivity index (χ1) is 14.6.